The van der Waals surface area contributed by atoms with Gasteiger partial charge in [-0.25, -0.2) is 10.2 Å². The quantitative estimate of drug-likeness (QED) is 0.727. The van der Waals surface area contributed by atoms with Crippen molar-refractivity contribution in [3.63, 3.8) is 0 Å². The Bertz CT molecular complexity index is 273. The first-order chi connectivity index (χ1) is 7.38. The summed E-state index contributed by atoms with van der Waals surface area (Å²) in [6.07, 6.45) is 0.0612. The van der Waals surface area contributed by atoms with Gasteiger partial charge in [0, 0.05) is 19.5 Å². The van der Waals surface area contributed by atoms with Crippen molar-refractivity contribution in [1.29, 1.82) is 0 Å². The molecule has 2 amide bonds. The SMILES string of the molecule is CC(C)(C)OC(=O)NCCN1NCCC1=O. The molecule has 0 spiro atoms. The van der Waals surface area contributed by atoms with Gasteiger partial charge >= 0.3 is 6.09 Å². The number of nitrogens with one attached hydrogen (secondary N) is 2. The normalized spacial score (nSPS) is 16.4. The molecule has 0 aromatic carbocycles. The largest absolute Gasteiger partial charge is 0.444 e. The van der Waals surface area contributed by atoms with E-state index in [9.17, 15) is 9.59 Å². The van der Waals surface area contributed by atoms with E-state index in [-0.39, 0.29) is 5.91 Å². The first-order valence-electron chi connectivity index (χ1n) is 5.39. The monoisotopic (exact) mass is 229 g/mol. The number of rotatable bonds is 3. The second-order valence-corrected chi connectivity index (χ2v) is 4.63. The number of carbonyl (C=O) groups excluding carboxylic acids is 2. The van der Waals surface area contributed by atoms with Gasteiger partial charge < -0.3 is 10.1 Å². The Morgan fingerprint density at radius 1 is 1.56 bits per heavy atom. The summed E-state index contributed by atoms with van der Waals surface area (Å²) in [4.78, 5) is 22.5. The minimum absolute atomic E-state index is 0.0611. The maximum Gasteiger partial charge on any atom is 0.407 e. The van der Waals surface area contributed by atoms with Crippen LogP contribution >= 0.6 is 0 Å². The lowest BCUT2D eigenvalue weighted by atomic mass is 10.2. The van der Waals surface area contributed by atoms with Crippen molar-refractivity contribution in [3.05, 3.63) is 0 Å². The lowest BCUT2D eigenvalue weighted by Crippen LogP contribution is -2.42. The number of ether oxygens (including phenoxy) is 1. The van der Waals surface area contributed by atoms with Gasteiger partial charge in [0.2, 0.25) is 5.91 Å². The Balaban J connectivity index is 2.15. The summed E-state index contributed by atoms with van der Waals surface area (Å²) in [6, 6.07) is 0. The molecule has 0 aromatic heterocycles. The van der Waals surface area contributed by atoms with Crippen molar-refractivity contribution in [2.24, 2.45) is 0 Å². The van der Waals surface area contributed by atoms with Gasteiger partial charge in [-0.3, -0.25) is 9.80 Å². The molecule has 1 fully saturated rings. The molecule has 0 atom stereocenters. The molecule has 0 unspecified atom stereocenters. The maximum absolute atomic E-state index is 11.3. The summed E-state index contributed by atoms with van der Waals surface area (Å²) in [6.45, 7) is 6.92. The molecule has 6 nitrogen and oxygen atoms in total. The van der Waals surface area contributed by atoms with Crippen molar-refractivity contribution in [1.82, 2.24) is 15.8 Å². The molecule has 0 bridgehead atoms. The summed E-state index contributed by atoms with van der Waals surface area (Å²) < 4.78 is 5.06. The molecule has 6 heteroatoms. The fraction of sp³-hybridized carbons (Fsp3) is 0.800. The summed E-state index contributed by atoms with van der Waals surface area (Å²) in [5.41, 5.74) is 2.43. The lowest BCUT2D eigenvalue weighted by molar-refractivity contribution is -0.129. The van der Waals surface area contributed by atoms with E-state index in [0.29, 0.717) is 26.1 Å². The van der Waals surface area contributed by atoms with Gasteiger partial charge in [-0.2, -0.15) is 0 Å². The summed E-state index contributed by atoms with van der Waals surface area (Å²) in [5, 5.41) is 4.10. The highest BCUT2D eigenvalue weighted by molar-refractivity contribution is 5.77. The molecule has 2 N–H and O–H groups in total. The number of hydrogen-bond acceptors (Lipinski definition) is 4. The average Bonchev–Trinajstić information content (AvgIpc) is 2.48. The minimum Gasteiger partial charge on any atom is -0.444 e. The van der Waals surface area contributed by atoms with Crippen LogP contribution in [0.4, 0.5) is 4.79 Å². The number of nitrogens with zero attached hydrogens (tertiary/aromatic N) is 1. The third kappa shape index (κ3) is 4.48. The van der Waals surface area contributed by atoms with E-state index in [1.54, 1.807) is 20.8 Å². The highest BCUT2D eigenvalue weighted by atomic mass is 16.6. The Kier molecular flexibility index (Phi) is 4.12. The first-order valence-corrected chi connectivity index (χ1v) is 5.39. The van der Waals surface area contributed by atoms with Gasteiger partial charge in [0.15, 0.2) is 0 Å². The van der Waals surface area contributed by atoms with Gasteiger partial charge in [0.05, 0.1) is 6.54 Å². The zero-order valence-electron chi connectivity index (χ0n) is 10.0. The molecule has 1 saturated heterocycles. The molecule has 1 heterocycles. The predicted octanol–water partition coefficient (Wildman–Crippen LogP) is 0.248. The van der Waals surface area contributed by atoms with Gasteiger partial charge in [-0.1, -0.05) is 0 Å². The van der Waals surface area contributed by atoms with E-state index < -0.39 is 11.7 Å². The molecule has 0 aromatic rings. The van der Waals surface area contributed by atoms with Gasteiger partial charge in [-0.05, 0) is 20.8 Å². The van der Waals surface area contributed by atoms with E-state index in [1.165, 1.54) is 5.01 Å². The van der Waals surface area contributed by atoms with Crippen LogP contribution in [0.15, 0.2) is 0 Å². The average molecular weight is 229 g/mol. The van der Waals surface area contributed by atoms with Crippen molar-refractivity contribution in [2.75, 3.05) is 19.6 Å². The molecule has 1 aliphatic rings. The molecular formula is C10H19N3O3. The van der Waals surface area contributed by atoms with Crippen LogP contribution < -0.4 is 10.7 Å². The number of amides is 2. The Labute approximate surface area is 95.3 Å². The Hall–Kier alpha value is -1.30. The van der Waals surface area contributed by atoms with Crippen LogP contribution in [-0.4, -0.2) is 42.2 Å². The van der Waals surface area contributed by atoms with Crippen LogP contribution in [0.3, 0.4) is 0 Å². The van der Waals surface area contributed by atoms with Crippen molar-refractivity contribution >= 4 is 12.0 Å². The molecule has 16 heavy (non-hydrogen) atoms. The topological polar surface area (TPSA) is 70.7 Å². The minimum atomic E-state index is -0.494. The highest BCUT2D eigenvalue weighted by Gasteiger charge is 2.20. The van der Waals surface area contributed by atoms with Gasteiger partial charge in [-0.15, -0.1) is 0 Å². The van der Waals surface area contributed by atoms with Crippen LogP contribution in [0.5, 0.6) is 0 Å². The van der Waals surface area contributed by atoms with E-state index in [4.69, 9.17) is 4.74 Å². The summed E-state index contributed by atoms with van der Waals surface area (Å²) in [5.74, 6) is 0.0611. The Morgan fingerprint density at radius 3 is 2.75 bits per heavy atom. The number of alkyl carbamates (subject to hydrolysis) is 1. The predicted molar refractivity (Wildman–Crippen MR) is 58.6 cm³/mol. The zero-order valence-corrected chi connectivity index (χ0v) is 10.0. The van der Waals surface area contributed by atoms with Gasteiger partial charge in [0.1, 0.15) is 5.60 Å². The molecule has 1 aliphatic heterocycles. The summed E-state index contributed by atoms with van der Waals surface area (Å²) in [7, 11) is 0. The highest BCUT2D eigenvalue weighted by Crippen LogP contribution is 2.06. The van der Waals surface area contributed by atoms with Crippen LogP contribution in [0.2, 0.25) is 0 Å². The lowest BCUT2D eigenvalue weighted by Gasteiger charge is -2.20. The van der Waals surface area contributed by atoms with Crippen molar-refractivity contribution < 1.29 is 14.3 Å². The van der Waals surface area contributed by atoms with E-state index in [1.807, 2.05) is 0 Å². The number of hydrazine groups is 1. The standard InChI is InChI=1S/C10H19N3O3/c1-10(2,3)16-9(15)11-6-7-13-8(14)4-5-12-13/h12H,4-7H2,1-3H3,(H,11,15). The smallest absolute Gasteiger partial charge is 0.407 e. The maximum atomic E-state index is 11.3. The molecule has 1 rings (SSSR count). The first kappa shape index (κ1) is 12.8. The fourth-order valence-corrected chi connectivity index (χ4v) is 1.31. The zero-order chi connectivity index (χ0) is 12.2. The van der Waals surface area contributed by atoms with E-state index >= 15 is 0 Å². The molecular weight excluding hydrogens is 210 g/mol. The van der Waals surface area contributed by atoms with Crippen LogP contribution in [0.1, 0.15) is 27.2 Å². The Morgan fingerprint density at radius 2 is 2.25 bits per heavy atom. The van der Waals surface area contributed by atoms with E-state index in [2.05, 4.69) is 10.7 Å². The second-order valence-electron chi connectivity index (χ2n) is 4.63. The second kappa shape index (κ2) is 5.16. The van der Waals surface area contributed by atoms with E-state index in [0.717, 1.165) is 0 Å². The summed E-state index contributed by atoms with van der Waals surface area (Å²) >= 11 is 0. The van der Waals surface area contributed by atoms with Crippen LogP contribution in [0, 0.1) is 0 Å². The number of carbonyl (C=O) groups is 2. The molecule has 92 valence electrons. The molecule has 0 saturated carbocycles. The molecule has 0 radical (unpaired) electrons. The third-order valence-corrected chi connectivity index (χ3v) is 1.95. The van der Waals surface area contributed by atoms with Crippen LogP contribution in [0.25, 0.3) is 0 Å². The fourth-order valence-electron chi connectivity index (χ4n) is 1.31. The number of hydrogen-bond donors (Lipinski definition) is 2. The van der Waals surface area contributed by atoms with Crippen LogP contribution in [-0.2, 0) is 9.53 Å². The van der Waals surface area contributed by atoms with Crippen molar-refractivity contribution in [2.45, 2.75) is 32.8 Å². The third-order valence-electron chi connectivity index (χ3n) is 1.95. The molecule has 0 aliphatic carbocycles. The van der Waals surface area contributed by atoms with Crippen molar-refractivity contribution in [3.8, 4) is 0 Å². The van der Waals surface area contributed by atoms with Gasteiger partial charge in [0.25, 0.3) is 0 Å².